The van der Waals surface area contributed by atoms with Crippen LogP contribution in [-0.4, -0.2) is 15.5 Å². The molecule has 0 bridgehead atoms. The Morgan fingerprint density at radius 3 is 1.69 bits per heavy atom. The fourth-order valence-electron chi connectivity index (χ4n) is 1.95. The van der Waals surface area contributed by atoms with Gasteiger partial charge in [-0.2, -0.15) is 26.3 Å². The van der Waals surface area contributed by atoms with Gasteiger partial charge < -0.3 is 4.74 Å². The predicted octanol–water partition coefficient (Wildman–Crippen LogP) is 4.53. The third kappa shape index (κ3) is 4.59. The first-order chi connectivity index (χ1) is 11.8. The van der Waals surface area contributed by atoms with Crippen molar-refractivity contribution in [3.8, 4) is 5.75 Å². The molecule has 0 aromatic heterocycles. The highest BCUT2D eigenvalue weighted by atomic mass is 32.2. The molecule has 0 unspecified atom stereocenters. The predicted molar refractivity (Wildman–Crippen MR) is 80.2 cm³/mol. The van der Waals surface area contributed by atoms with Gasteiger partial charge in [0.05, 0.1) is 23.1 Å². The fraction of sp³-hybridized carbons (Fsp3) is 0.200. The third-order valence-corrected chi connectivity index (χ3v) is 4.57. The maximum absolute atomic E-state index is 12.8. The first-order valence-corrected chi connectivity index (χ1v) is 8.27. The normalized spacial score (nSPS) is 12.7. The van der Waals surface area contributed by atoms with Crippen molar-refractivity contribution in [2.45, 2.75) is 17.2 Å². The smallest absolute Gasteiger partial charge is 0.416 e. The minimum atomic E-state index is -5.15. The van der Waals surface area contributed by atoms with Crippen molar-refractivity contribution < 1.29 is 39.5 Å². The van der Waals surface area contributed by atoms with Crippen LogP contribution in [0.5, 0.6) is 5.75 Å². The Morgan fingerprint density at radius 1 is 0.846 bits per heavy atom. The van der Waals surface area contributed by atoms with Gasteiger partial charge in [0, 0.05) is 5.69 Å². The Labute approximate surface area is 144 Å². The Morgan fingerprint density at radius 2 is 1.31 bits per heavy atom. The topological polar surface area (TPSA) is 55.4 Å². The molecule has 0 amide bonds. The van der Waals surface area contributed by atoms with E-state index in [-0.39, 0.29) is 23.9 Å². The summed E-state index contributed by atoms with van der Waals surface area (Å²) in [6, 6.07) is 5.36. The van der Waals surface area contributed by atoms with Crippen molar-refractivity contribution in [1.29, 1.82) is 0 Å². The number of anilines is 1. The molecular formula is C15H11F6NO3S. The molecule has 2 aromatic rings. The van der Waals surface area contributed by atoms with Crippen LogP contribution in [0, 0.1) is 0 Å². The van der Waals surface area contributed by atoms with Crippen LogP contribution in [-0.2, 0) is 22.4 Å². The lowest BCUT2D eigenvalue weighted by molar-refractivity contribution is -0.143. The SMILES string of the molecule is COc1ccc(NS(=O)(=O)c2cc(C(F)(F)F)cc(C(F)(F)F)c2)cc1. The molecule has 0 aliphatic rings. The Bertz CT molecular complexity index is 857. The van der Waals surface area contributed by atoms with Gasteiger partial charge in [0.2, 0.25) is 0 Å². The maximum atomic E-state index is 12.8. The molecule has 26 heavy (non-hydrogen) atoms. The highest BCUT2D eigenvalue weighted by Crippen LogP contribution is 2.37. The molecule has 0 aliphatic carbocycles. The molecule has 4 nitrogen and oxygen atoms in total. The number of hydrogen-bond donors (Lipinski definition) is 1. The standard InChI is InChI=1S/C15H11F6NO3S/c1-25-12-4-2-11(3-5-12)22-26(23,24)13-7-9(14(16,17)18)6-10(8-13)15(19,20)21/h2-8,22H,1H3. The summed E-state index contributed by atoms with van der Waals surface area (Å²) in [5.74, 6) is 0.381. The zero-order valence-corrected chi connectivity index (χ0v) is 13.8. The van der Waals surface area contributed by atoms with Crippen molar-refractivity contribution in [3.05, 3.63) is 53.6 Å². The lowest BCUT2D eigenvalue weighted by atomic mass is 10.1. The number of methoxy groups -OCH3 is 1. The Kier molecular flexibility index (Phi) is 5.13. The van der Waals surface area contributed by atoms with Crippen molar-refractivity contribution in [3.63, 3.8) is 0 Å². The molecule has 0 saturated heterocycles. The summed E-state index contributed by atoms with van der Waals surface area (Å²) in [5.41, 5.74) is -3.50. The molecule has 0 spiro atoms. The second kappa shape index (κ2) is 6.71. The van der Waals surface area contributed by atoms with Gasteiger partial charge in [0.25, 0.3) is 10.0 Å². The maximum Gasteiger partial charge on any atom is 0.416 e. The quantitative estimate of drug-likeness (QED) is 0.769. The van der Waals surface area contributed by atoms with E-state index >= 15 is 0 Å². The van der Waals surface area contributed by atoms with E-state index in [1.54, 1.807) is 0 Å². The zero-order valence-electron chi connectivity index (χ0n) is 12.9. The van der Waals surface area contributed by atoms with E-state index in [4.69, 9.17) is 4.74 Å². The summed E-state index contributed by atoms with van der Waals surface area (Å²) in [5, 5.41) is 0. The van der Waals surface area contributed by atoms with Crippen molar-refractivity contribution in [1.82, 2.24) is 0 Å². The Balaban J connectivity index is 2.50. The van der Waals surface area contributed by atoms with Crippen molar-refractivity contribution >= 4 is 15.7 Å². The molecule has 0 aliphatic heterocycles. The van der Waals surface area contributed by atoms with E-state index in [0.717, 1.165) is 0 Å². The molecule has 0 radical (unpaired) electrons. The first-order valence-electron chi connectivity index (χ1n) is 6.79. The molecule has 0 fully saturated rings. The molecule has 2 aromatic carbocycles. The average molecular weight is 399 g/mol. The van der Waals surface area contributed by atoms with Crippen LogP contribution in [0.4, 0.5) is 32.0 Å². The summed E-state index contributed by atoms with van der Waals surface area (Å²) >= 11 is 0. The number of alkyl halides is 6. The number of rotatable bonds is 4. The molecular weight excluding hydrogens is 388 g/mol. The van der Waals surface area contributed by atoms with E-state index in [1.165, 1.54) is 31.4 Å². The largest absolute Gasteiger partial charge is 0.497 e. The van der Waals surface area contributed by atoms with Crippen LogP contribution in [0.15, 0.2) is 47.4 Å². The summed E-state index contributed by atoms with van der Waals surface area (Å²) in [6.07, 6.45) is -10.3. The number of sulfonamides is 1. The first kappa shape index (κ1) is 19.9. The van der Waals surface area contributed by atoms with Crippen LogP contribution in [0.25, 0.3) is 0 Å². The van der Waals surface area contributed by atoms with E-state index in [9.17, 15) is 34.8 Å². The average Bonchev–Trinajstić information content (AvgIpc) is 2.53. The van der Waals surface area contributed by atoms with Crippen LogP contribution in [0.2, 0.25) is 0 Å². The molecule has 0 heterocycles. The van der Waals surface area contributed by atoms with E-state index in [0.29, 0.717) is 5.75 Å². The zero-order chi connectivity index (χ0) is 19.8. The number of ether oxygens (including phenoxy) is 1. The highest BCUT2D eigenvalue weighted by molar-refractivity contribution is 7.92. The molecule has 142 valence electrons. The van der Waals surface area contributed by atoms with Crippen LogP contribution >= 0.6 is 0 Å². The highest BCUT2D eigenvalue weighted by Gasteiger charge is 2.38. The van der Waals surface area contributed by atoms with Crippen molar-refractivity contribution in [2.75, 3.05) is 11.8 Å². The lowest BCUT2D eigenvalue weighted by Gasteiger charge is -2.15. The number of hydrogen-bond acceptors (Lipinski definition) is 3. The van der Waals surface area contributed by atoms with E-state index in [1.807, 2.05) is 4.72 Å². The van der Waals surface area contributed by atoms with Gasteiger partial charge in [0.15, 0.2) is 0 Å². The third-order valence-electron chi connectivity index (χ3n) is 3.21. The van der Waals surface area contributed by atoms with Gasteiger partial charge in [-0.1, -0.05) is 0 Å². The molecule has 2 rings (SSSR count). The van der Waals surface area contributed by atoms with E-state index < -0.39 is 38.4 Å². The van der Waals surface area contributed by atoms with Crippen molar-refractivity contribution in [2.24, 2.45) is 0 Å². The van der Waals surface area contributed by atoms with Gasteiger partial charge in [-0.05, 0) is 42.5 Å². The monoisotopic (exact) mass is 399 g/mol. The van der Waals surface area contributed by atoms with Crippen LogP contribution < -0.4 is 9.46 Å². The molecule has 1 N–H and O–H groups in total. The van der Waals surface area contributed by atoms with Gasteiger partial charge >= 0.3 is 12.4 Å². The second-order valence-corrected chi connectivity index (χ2v) is 6.76. The van der Waals surface area contributed by atoms with Gasteiger partial charge in [-0.15, -0.1) is 0 Å². The van der Waals surface area contributed by atoms with Gasteiger partial charge in [-0.25, -0.2) is 8.42 Å². The van der Waals surface area contributed by atoms with E-state index in [2.05, 4.69) is 0 Å². The molecule has 11 heteroatoms. The summed E-state index contributed by atoms with van der Waals surface area (Å²) in [6.45, 7) is 0. The summed E-state index contributed by atoms with van der Waals surface area (Å²) in [4.78, 5) is -1.16. The minimum absolute atomic E-state index is 0.0585. The fourth-order valence-corrected chi connectivity index (χ4v) is 3.08. The second-order valence-electron chi connectivity index (χ2n) is 5.08. The summed E-state index contributed by atoms with van der Waals surface area (Å²) in [7, 11) is -3.33. The summed E-state index contributed by atoms with van der Waals surface area (Å²) < 4.78 is 108. The number of halogens is 6. The molecule has 0 atom stereocenters. The lowest BCUT2D eigenvalue weighted by Crippen LogP contribution is -2.17. The minimum Gasteiger partial charge on any atom is -0.497 e. The number of nitrogens with one attached hydrogen (secondary N) is 1. The van der Waals surface area contributed by atoms with Gasteiger partial charge in [-0.3, -0.25) is 4.72 Å². The molecule has 0 saturated carbocycles. The Hall–Kier alpha value is -2.43. The van der Waals surface area contributed by atoms with Crippen LogP contribution in [0.3, 0.4) is 0 Å². The van der Waals surface area contributed by atoms with Crippen LogP contribution in [0.1, 0.15) is 11.1 Å². The van der Waals surface area contributed by atoms with Gasteiger partial charge in [0.1, 0.15) is 5.75 Å². The number of benzene rings is 2.